The van der Waals surface area contributed by atoms with E-state index in [1.807, 2.05) is 6.20 Å². The number of nitrogens with zero attached hydrogens (tertiary/aromatic N) is 3. The van der Waals surface area contributed by atoms with Crippen LogP contribution >= 0.6 is 11.3 Å². The molecular formula is C22H18F3N5OS. The Kier molecular flexibility index (Phi) is 5.18. The number of rotatable bonds is 4. The van der Waals surface area contributed by atoms with Gasteiger partial charge >= 0.3 is 6.18 Å². The standard InChI is InChI=1S/C22H18F3N5OS/c23-22(24,25)15-2-1-3-16(7-15)28-21(31)18-12-32-19-11-30(5-4-17(18)19)10-13-6-14-9-27-29-20(14)26-8-13/h1-3,6-9,12H,4-5,10-11H2,(H,28,31)(H,26,27,29). The Morgan fingerprint density at radius 1 is 1.25 bits per heavy atom. The van der Waals surface area contributed by atoms with E-state index in [1.54, 1.807) is 11.6 Å². The molecule has 0 radical (unpaired) electrons. The van der Waals surface area contributed by atoms with Gasteiger partial charge in [0.2, 0.25) is 0 Å². The Morgan fingerprint density at radius 3 is 2.97 bits per heavy atom. The first-order chi connectivity index (χ1) is 15.4. The fourth-order valence-electron chi connectivity index (χ4n) is 3.91. The number of amides is 1. The van der Waals surface area contributed by atoms with Gasteiger partial charge in [0.05, 0.1) is 17.3 Å². The van der Waals surface area contributed by atoms with Gasteiger partial charge in [-0.2, -0.15) is 18.3 Å². The van der Waals surface area contributed by atoms with Crippen molar-refractivity contribution in [3.05, 3.63) is 75.2 Å². The molecule has 1 aromatic carbocycles. The number of aromatic amines is 1. The van der Waals surface area contributed by atoms with E-state index in [4.69, 9.17) is 0 Å². The largest absolute Gasteiger partial charge is 0.416 e. The lowest BCUT2D eigenvalue weighted by molar-refractivity contribution is -0.137. The molecule has 1 aliphatic rings. The van der Waals surface area contributed by atoms with Crippen LogP contribution in [0.1, 0.15) is 31.9 Å². The molecule has 0 saturated heterocycles. The number of anilines is 1. The van der Waals surface area contributed by atoms with Gasteiger partial charge in [-0.05, 0) is 41.8 Å². The lowest BCUT2D eigenvalue weighted by Gasteiger charge is -2.27. The van der Waals surface area contributed by atoms with Gasteiger partial charge < -0.3 is 5.32 Å². The van der Waals surface area contributed by atoms with E-state index in [0.717, 1.165) is 52.3 Å². The van der Waals surface area contributed by atoms with Crippen LogP contribution in [0.4, 0.5) is 18.9 Å². The lowest BCUT2D eigenvalue weighted by atomic mass is 10.0. The van der Waals surface area contributed by atoms with Gasteiger partial charge in [-0.15, -0.1) is 11.3 Å². The lowest BCUT2D eigenvalue weighted by Crippen LogP contribution is -2.30. The van der Waals surface area contributed by atoms with Gasteiger partial charge in [0.1, 0.15) is 0 Å². The van der Waals surface area contributed by atoms with Crippen molar-refractivity contribution in [3.63, 3.8) is 0 Å². The maximum atomic E-state index is 12.9. The molecule has 0 atom stereocenters. The molecule has 1 amide bonds. The van der Waals surface area contributed by atoms with Crippen LogP contribution in [0.15, 0.2) is 48.1 Å². The number of H-pyrrole nitrogens is 1. The number of thiophene rings is 1. The zero-order valence-corrected chi connectivity index (χ0v) is 17.6. The summed E-state index contributed by atoms with van der Waals surface area (Å²) < 4.78 is 38.8. The summed E-state index contributed by atoms with van der Waals surface area (Å²) in [4.78, 5) is 20.5. The van der Waals surface area contributed by atoms with Crippen LogP contribution in [0, 0.1) is 0 Å². The van der Waals surface area contributed by atoms with Crippen LogP contribution in [-0.4, -0.2) is 32.5 Å². The summed E-state index contributed by atoms with van der Waals surface area (Å²) in [5.41, 5.74) is 2.68. The van der Waals surface area contributed by atoms with E-state index in [1.165, 1.54) is 23.5 Å². The third kappa shape index (κ3) is 4.11. The number of carbonyl (C=O) groups is 1. The van der Waals surface area contributed by atoms with Gasteiger partial charge in [0, 0.05) is 47.2 Å². The number of halogens is 3. The van der Waals surface area contributed by atoms with Gasteiger partial charge in [0.25, 0.3) is 5.91 Å². The average molecular weight is 457 g/mol. The molecule has 164 valence electrons. The molecule has 0 aliphatic carbocycles. The van der Waals surface area contributed by atoms with Crippen molar-refractivity contribution in [1.29, 1.82) is 0 Å². The Labute approximate surface area is 185 Å². The quantitative estimate of drug-likeness (QED) is 0.460. The number of aromatic nitrogens is 3. The number of hydrogen-bond acceptors (Lipinski definition) is 5. The van der Waals surface area contributed by atoms with Crippen molar-refractivity contribution >= 4 is 34.0 Å². The normalized spacial score (nSPS) is 14.5. The van der Waals surface area contributed by atoms with E-state index in [2.05, 4.69) is 31.5 Å². The van der Waals surface area contributed by atoms with Gasteiger partial charge in [-0.3, -0.25) is 14.8 Å². The van der Waals surface area contributed by atoms with Crippen LogP contribution in [0.3, 0.4) is 0 Å². The number of hydrogen-bond donors (Lipinski definition) is 2. The van der Waals surface area contributed by atoms with E-state index in [-0.39, 0.29) is 11.6 Å². The molecule has 10 heteroatoms. The van der Waals surface area contributed by atoms with Crippen LogP contribution in [0.2, 0.25) is 0 Å². The van der Waals surface area contributed by atoms with Gasteiger partial charge in [0.15, 0.2) is 5.65 Å². The minimum absolute atomic E-state index is 0.129. The van der Waals surface area contributed by atoms with E-state index in [0.29, 0.717) is 18.5 Å². The van der Waals surface area contributed by atoms with Gasteiger partial charge in [-0.1, -0.05) is 6.07 Å². The number of pyridine rings is 1. The monoisotopic (exact) mass is 457 g/mol. The maximum absolute atomic E-state index is 12.9. The van der Waals surface area contributed by atoms with Gasteiger partial charge in [-0.25, -0.2) is 4.98 Å². The Balaban J connectivity index is 1.28. The second kappa shape index (κ2) is 8.03. The fraction of sp³-hybridized carbons (Fsp3) is 0.227. The molecule has 4 heterocycles. The number of carbonyl (C=O) groups excluding carboxylic acids is 1. The topological polar surface area (TPSA) is 73.9 Å². The van der Waals surface area contributed by atoms with E-state index in [9.17, 15) is 18.0 Å². The predicted molar refractivity (Wildman–Crippen MR) is 115 cm³/mol. The summed E-state index contributed by atoms with van der Waals surface area (Å²) >= 11 is 1.50. The third-order valence-electron chi connectivity index (χ3n) is 5.47. The third-order valence-corrected chi connectivity index (χ3v) is 6.49. The zero-order chi connectivity index (χ0) is 22.3. The molecule has 5 rings (SSSR count). The van der Waals surface area contributed by atoms with E-state index >= 15 is 0 Å². The second-order valence-electron chi connectivity index (χ2n) is 7.70. The maximum Gasteiger partial charge on any atom is 0.416 e. The Morgan fingerprint density at radius 2 is 2.12 bits per heavy atom. The summed E-state index contributed by atoms with van der Waals surface area (Å²) in [6.07, 6.45) is -0.179. The molecule has 6 nitrogen and oxygen atoms in total. The summed E-state index contributed by atoms with van der Waals surface area (Å²) in [5.74, 6) is -0.384. The number of alkyl halides is 3. The van der Waals surface area contributed by atoms with E-state index < -0.39 is 11.7 Å². The first kappa shape index (κ1) is 20.7. The first-order valence-corrected chi connectivity index (χ1v) is 10.8. The summed E-state index contributed by atoms with van der Waals surface area (Å²) in [5, 5.41) is 12.2. The fourth-order valence-corrected chi connectivity index (χ4v) is 5.03. The number of benzene rings is 1. The van der Waals surface area contributed by atoms with Crippen molar-refractivity contribution in [2.75, 3.05) is 11.9 Å². The molecule has 3 aromatic heterocycles. The molecule has 0 fully saturated rings. The molecule has 4 aromatic rings. The average Bonchev–Trinajstić information content (AvgIpc) is 3.39. The Hall–Kier alpha value is -3.24. The highest BCUT2D eigenvalue weighted by molar-refractivity contribution is 7.10. The molecular weight excluding hydrogens is 439 g/mol. The molecule has 0 unspecified atom stereocenters. The highest BCUT2D eigenvalue weighted by Gasteiger charge is 2.31. The van der Waals surface area contributed by atoms with Crippen molar-refractivity contribution < 1.29 is 18.0 Å². The molecule has 2 N–H and O–H groups in total. The highest BCUT2D eigenvalue weighted by Crippen LogP contribution is 2.32. The second-order valence-corrected chi connectivity index (χ2v) is 8.66. The minimum atomic E-state index is -4.45. The molecule has 0 spiro atoms. The van der Waals surface area contributed by atoms with Crippen LogP contribution in [-0.2, 0) is 25.7 Å². The summed E-state index contributed by atoms with van der Waals surface area (Å²) in [7, 11) is 0. The molecule has 32 heavy (non-hydrogen) atoms. The van der Waals surface area contributed by atoms with Crippen LogP contribution < -0.4 is 5.32 Å². The zero-order valence-electron chi connectivity index (χ0n) is 16.7. The Bertz CT molecular complexity index is 1300. The number of fused-ring (bicyclic) bond motifs is 2. The highest BCUT2D eigenvalue weighted by atomic mass is 32.1. The minimum Gasteiger partial charge on any atom is -0.322 e. The SMILES string of the molecule is O=C(Nc1cccc(C(F)(F)F)c1)c1csc2c1CCN(Cc1cnc3[nH]ncc3c1)C2. The van der Waals surface area contributed by atoms with Crippen molar-refractivity contribution in [3.8, 4) is 0 Å². The first-order valence-electron chi connectivity index (χ1n) is 9.95. The van der Waals surface area contributed by atoms with Crippen molar-refractivity contribution in [1.82, 2.24) is 20.1 Å². The molecule has 1 aliphatic heterocycles. The van der Waals surface area contributed by atoms with Crippen molar-refractivity contribution in [2.45, 2.75) is 25.7 Å². The molecule has 0 saturated carbocycles. The summed E-state index contributed by atoms with van der Waals surface area (Å²) in [6, 6.07) is 6.73. The molecule has 0 bridgehead atoms. The number of nitrogens with one attached hydrogen (secondary N) is 2. The smallest absolute Gasteiger partial charge is 0.322 e. The van der Waals surface area contributed by atoms with Crippen molar-refractivity contribution in [2.24, 2.45) is 0 Å². The van der Waals surface area contributed by atoms with Crippen LogP contribution in [0.5, 0.6) is 0 Å². The van der Waals surface area contributed by atoms with Crippen LogP contribution in [0.25, 0.3) is 11.0 Å². The summed E-state index contributed by atoms with van der Waals surface area (Å²) in [6.45, 7) is 2.22. The predicted octanol–water partition coefficient (Wildman–Crippen LogP) is 4.85.